The van der Waals surface area contributed by atoms with Gasteiger partial charge in [0.05, 0.1) is 0 Å². The number of amides is 2. The molecule has 0 saturated heterocycles. The normalized spacial score (nSPS) is 26.5. The van der Waals surface area contributed by atoms with Crippen LogP contribution in [0.2, 0.25) is 0 Å². The van der Waals surface area contributed by atoms with Gasteiger partial charge in [0.1, 0.15) is 5.54 Å². The van der Waals surface area contributed by atoms with E-state index >= 15 is 0 Å². The van der Waals surface area contributed by atoms with Crippen molar-refractivity contribution in [1.82, 2.24) is 10.6 Å². The summed E-state index contributed by atoms with van der Waals surface area (Å²) in [4.78, 5) is 33.9. The fourth-order valence-corrected chi connectivity index (χ4v) is 2.59. The number of carbonyl (C=O) groups is 3. The standard InChI is InChI=1S/C13H22N2O4/c1-9-4-3-6-13(8-9,12(18)19)15-11(17)5-7-14-10(2)16/h9H,3-8H2,1-2H3,(H,14,16)(H,15,17)(H,18,19). The Morgan fingerprint density at radius 2 is 2.05 bits per heavy atom. The maximum absolute atomic E-state index is 11.8. The first-order valence-corrected chi connectivity index (χ1v) is 6.64. The van der Waals surface area contributed by atoms with Gasteiger partial charge in [-0.25, -0.2) is 4.79 Å². The first kappa shape index (κ1) is 15.5. The molecule has 0 spiro atoms. The Labute approximate surface area is 112 Å². The van der Waals surface area contributed by atoms with Crippen LogP contribution >= 0.6 is 0 Å². The highest BCUT2D eigenvalue weighted by Crippen LogP contribution is 2.32. The number of nitrogens with one attached hydrogen (secondary N) is 2. The molecular formula is C13H22N2O4. The third-order valence-electron chi connectivity index (χ3n) is 3.51. The highest BCUT2D eigenvalue weighted by Gasteiger charge is 2.42. The van der Waals surface area contributed by atoms with Crippen LogP contribution in [-0.2, 0) is 14.4 Å². The Morgan fingerprint density at radius 1 is 1.37 bits per heavy atom. The molecule has 2 atom stereocenters. The molecule has 0 aliphatic heterocycles. The van der Waals surface area contributed by atoms with Gasteiger partial charge in [0.15, 0.2) is 0 Å². The van der Waals surface area contributed by atoms with Crippen LogP contribution in [0.4, 0.5) is 0 Å². The lowest BCUT2D eigenvalue weighted by atomic mass is 9.76. The molecule has 6 heteroatoms. The number of rotatable bonds is 5. The van der Waals surface area contributed by atoms with Crippen LogP contribution in [0, 0.1) is 5.92 Å². The van der Waals surface area contributed by atoms with Crippen molar-refractivity contribution in [2.24, 2.45) is 5.92 Å². The largest absolute Gasteiger partial charge is 0.480 e. The minimum absolute atomic E-state index is 0.100. The summed E-state index contributed by atoms with van der Waals surface area (Å²) in [6.07, 6.45) is 2.84. The van der Waals surface area contributed by atoms with E-state index in [1.54, 1.807) is 0 Å². The van der Waals surface area contributed by atoms with Crippen LogP contribution in [0.25, 0.3) is 0 Å². The summed E-state index contributed by atoms with van der Waals surface area (Å²) in [6, 6.07) is 0. The molecule has 108 valence electrons. The van der Waals surface area contributed by atoms with Gasteiger partial charge in [-0.1, -0.05) is 19.8 Å². The molecular weight excluding hydrogens is 248 g/mol. The fraction of sp³-hybridized carbons (Fsp3) is 0.769. The quantitative estimate of drug-likeness (QED) is 0.684. The number of carboxylic acid groups (broad SMARTS) is 1. The smallest absolute Gasteiger partial charge is 0.329 e. The van der Waals surface area contributed by atoms with Gasteiger partial charge in [-0.2, -0.15) is 0 Å². The summed E-state index contributed by atoms with van der Waals surface area (Å²) in [5.74, 6) is -1.20. The van der Waals surface area contributed by atoms with E-state index in [0.717, 1.165) is 12.8 Å². The third-order valence-corrected chi connectivity index (χ3v) is 3.51. The van der Waals surface area contributed by atoms with E-state index in [0.29, 0.717) is 18.8 Å². The molecule has 1 aliphatic carbocycles. The van der Waals surface area contributed by atoms with Crippen molar-refractivity contribution < 1.29 is 19.5 Å². The lowest BCUT2D eigenvalue weighted by Crippen LogP contribution is -2.57. The number of hydrogen-bond donors (Lipinski definition) is 3. The molecule has 0 bridgehead atoms. The molecule has 0 aromatic rings. The van der Waals surface area contributed by atoms with Gasteiger partial charge < -0.3 is 15.7 Å². The summed E-state index contributed by atoms with van der Waals surface area (Å²) in [7, 11) is 0. The monoisotopic (exact) mass is 270 g/mol. The van der Waals surface area contributed by atoms with E-state index < -0.39 is 11.5 Å². The van der Waals surface area contributed by atoms with Crippen molar-refractivity contribution in [3.63, 3.8) is 0 Å². The molecule has 1 saturated carbocycles. The van der Waals surface area contributed by atoms with Crippen molar-refractivity contribution in [2.75, 3.05) is 6.54 Å². The number of aliphatic carboxylic acids is 1. The Hall–Kier alpha value is -1.59. The Bertz CT molecular complexity index is 370. The summed E-state index contributed by atoms with van der Waals surface area (Å²) < 4.78 is 0. The second kappa shape index (κ2) is 6.54. The van der Waals surface area contributed by atoms with E-state index in [1.807, 2.05) is 6.92 Å². The van der Waals surface area contributed by atoms with Gasteiger partial charge in [-0.3, -0.25) is 9.59 Å². The number of carbonyl (C=O) groups excluding carboxylic acids is 2. The van der Waals surface area contributed by atoms with Crippen molar-refractivity contribution in [1.29, 1.82) is 0 Å². The van der Waals surface area contributed by atoms with E-state index in [9.17, 15) is 19.5 Å². The van der Waals surface area contributed by atoms with E-state index in [2.05, 4.69) is 10.6 Å². The third kappa shape index (κ3) is 4.54. The minimum Gasteiger partial charge on any atom is -0.480 e. The highest BCUT2D eigenvalue weighted by atomic mass is 16.4. The first-order chi connectivity index (χ1) is 8.85. The van der Waals surface area contributed by atoms with Crippen molar-refractivity contribution in [3.8, 4) is 0 Å². The molecule has 2 amide bonds. The maximum atomic E-state index is 11.8. The predicted octanol–water partition coefficient (Wildman–Crippen LogP) is 0.662. The summed E-state index contributed by atoms with van der Waals surface area (Å²) >= 11 is 0. The fourth-order valence-electron chi connectivity index (χ4n) is 2.59. The van der Waals surface area contributed by atoms with Gasteiger partial charge in [-0.15, -0.1) is 0 Å². The first-order valence-electron chi connectivity index (χ1n) is 6.64. The van der Waals surface area contributed by atoms with E-state index in [-0.39, 0.29) is 24.8 Å². The number of carboxylic acids is 1. The van der Waals surface area contributed by atoms with E-state index in [1.165, 1.54) is 6.92 Å². The molecule has 0 radical (unpaired) electrons. The van der Waals surface area contributed by atoms with Gasteiger partial charge in [0.2, 0.25) is 11.8 Å². The predicted molar refractivity (Wildman–Crippen MR) is 69.4 cm³/mol. The van der Waals surface area contributed by atoms with Crippen LogP contribution in [0.15, 0.2) is 0 Å². The van der Waals surface area contributed by atoms with Crippen molar-refractivity contribution >= 4 is 17.8 Å². The van der Waals surface area contributed by atoms with Crippen LogP contribution in [0.1, 0.15) is 46.0 Å². The molecule has 6 nitrogen and oxygen atoms in total. The van der Waals surface area contributed by atoms with Gasteiger partial charge in [0.25, 0.3) is 0 Å². The van der Waals surface area contributed by atoms with Gasteiger partial charge in [0, 0.05) is 19.9 Å². The minimum atomic E-state index is -1.13. The van der Waals surface area contributed by atoms with Crippen LogP contribution in [-0.4, -0.2) is 35.0 Å². The Kier molecular flexibility index (Phi) is 5.32. The summed E-state index contributed by atoms with van der Waals surface area (Å²) in [6.45, 7) is 3.60. The Morgan fingerprint density at radius 3 is 2.58 bits per heavy atom. The molecule has 1 aliphatic rings. The maximum Gasteiger partial charge on any atom is 0.329 e. The molecule has 0 aromatic carbocycles. The van der Waals surface area contributed by atoms with Crippen molar-refractivity contribution in [3.05, 3.63) is 0 Å². The lowest BCUT2D eigenvalue weighted by Gasteiger charge is -2.37. The van der Waals surface area contributed by atoms with Crippen LogP contribution < -0.4 is 10.6 Å². The molecule has 3 N–H and O–H groups in total. The number of hydrogen-bond acceptors (Lipinski definition) is 3. The molecule has 2 unspecified atom stereocenters. The van der Waals surface area contributed by atoms with Crippen molar-refractivity contribution in [2.45, 2.75) is 51.5 Å². The molecule has 19 heavy (non-hydrogen) atoms. The zero-order chi connectivity index (χ0) is 14.5. The lowest BCUT2D eigenvalue weighted by molar-refractivity contribution is -0.150. The molecule has 0 heterocycles. The van der Waals surface area contributed by atoms with Crippen LogP contribution in [0.5, 0.6) is 0 Å². The zero-order valence-corrected chi connectivity index (χ0v) is 11.5. The summed E-state index contributed by atoms with van der Waals surface area (Å²) in [5.41, 5.74) is -1.13. The van der Waals surface area contributed by atoms with Crippen LogP contribution in [0.3, 0.4) is 0 Å². The SMILES string of the molecule is CC(=O)NCCC(=O)NC1(C(=O)O)CCCC(C)C1. The van der Waals surface area contributed by atoms with Gasteiger partial charge in [-0.05, 0) is 18.8 Å². The van der Waals surface area contributed by atoms with E-state index in [4.69, 9.17) is 0 Å². The second-order valence-corrected chi connectivity index (χ2v) is 5.37. The topological polar surface area (TPSA) is 95.5 Å². The average Bonchev–Trinajstić information content (AvgIpc) is 2.27. The highest BCUT2D eigenvalue weighted by molar-refractivity contribution is 5.87. The molecule has 1 fully saturated rings. The second-order valence-electron chi connectivity index (χ2n) is 5.37. The Balaban J connectivity index is 2.56. The summed E-state index contributed by atoms with van der Waals surface area (Å²) in [5, 5.41) is 14.5. The molecule has 0 aromatic heterocycles. The zero-order valence-electron chi connectivity index (χ0n) is 11.5. The molecule has 1 rings (SSSR count). The van der Waals surface area contributed by atoms with Gasteiger partial charge >= 0.3 is 5.97 Å². The average molecular weight is 270 g/mol.